The van der Waals surface area contributed by atoms with E-state index in [-0.39, 0.29) is 23.4 Å². The van der Waals surface area contributed by atoms with Crippen LogP contribution in [0.1, 0.15) is 44.9 Å². The van der Waals surface area contributed by atoms with Gasteiger partial charge < -0.3 is 10.1 Å². The molecule has 1 aromatic heterocycles. The van der Waals surface area contributed by atoms with Crippen molar-refractivity contribution in [1.82, 2.24) is 14.6 Å². The van der Waals surface area contributed by atoms with Gasteiger partial charge in [-0.3, -0.25) is 4.79 Å². The fourth-order valence-electron chi connectivity index (χ4n) is 4.05. The van der Waals surface area contributed by atoms with Crippen LogP contribution in [0, 0.1) is 6.92 Å². The van der Waals surface area contributed by atoms with Crippen LogP contribution in [-0.2, 0) is 14.8 Å². The molecule has 0 radical (unpaired) electrons. The van der Waals surface area contributed by atoms with Crippen LogP contribution in [0.3, 0.4) is 0 Å². The number of nitrogens with zero attached hydrogens (tertiary/aromatic N) is 2. The van der Waals surface area contributed by atoms with Crippen molar-refractivity contribution in [2.45, 2.75) is 37.1 Å². The Bertz CT molecular complexity index is 1320. The molecule has 1 amide bonds. The molecule has 1 N–H and O–H groups in total. The molecule has 2 heterocycles. The maximum Gasteiger partial charge on any atom is 0.337 e. The zero-order chi connectivity index (χ0) is 25.0. The van der Waals surface area contributed by atoms with Crippen LogP contribution in [-0.4, -0.2) is 55.8 Å². The number of carbonyl (C=O) groups excluding carboxylic acids is 2. The van der Waals surface area contributed by atoms with Gasteiger partial charge in [-0.2, -0.15) is 4.31 Å². The predicted molar refractivity (Wildman–Crippen MR) is 134 cm³/mol. The maximum absolute atomic E-state index is 13.3. The Morgan fingerprint density at radius 3 is 2.69 bits per heavy atom. The lowest BCUT2D eigenvalue weighted by Crippen LogP contribution is -2.49. The Morgan fingerprint density at radius 2 is 1.94 bits per heavy atom. The second-order valence-electron chi connectivity index (χ2n) is 8.39. The zero-order valence-electron chi connectivity index (χ0n) is 19.6. The zero-order valence-corrected chi connectivity index (χ0v) is 21.2. The maximum atomic E-state index is 13.3. The van der Waals surface area contributed by atoms with E-state index in [2.05, 4.69) is 10.3 Å². The summed E-state index contributed by atoms with van der Waals surface area (Å²) in [6.45, 7) is 2.56. The van der Waals surface area contributed by atoms with E-state index in [0.717, 1.165) is 18.4 Å². The van der Waals surface area contributed by atoms with Gasteiger partial charge in [-0.1, -0.05) is 36.2 Å². The molecule has 1 aliphatic heterocycles. The average Bonchev–Trinajstić information content (AvgIpc) is 3.38. The van der Waals surface area contributed by atoms with E-state index in [4.69, 9.17) is 4.74 Å². The second-order valence-corrected chi connectivity index (χ2v) is 11.3. The van der Waals surface area contributed by atoms with Crippen LogP contribution in [0.2, 0.25) is 0 Å². The summed E-state index contributed by atoms with van der Waals surface area (Å²) < 4.78 is 32.8. The van der Waals surface area contributed by atoms with E-state index >= 15 is 0 Å². The number of nitrogens with one attached hydrogen (secondary N) is 1. The fraction of sp³-hybridized carbons (Fsp3) is 0.320. The minimum absolute atomic E-state index is 0.217. The number of hydrogen-bond acceptors (Lipinski definition) is 7. The molecule has 184 valence electrons. The Labute approximate surface area is 209 Å². The summed E-state index contributed by atoms with van der Waals surface area (Å²) in [7, 11) is -2.33. The highest BCUT2D eigenvalue weighted by Gasteiger charge is 2.33. The summed E-state index contributed by atoms with van der Waals surface area (Å²) in [6.07, 6.45) is 3.86. The second kappa shape index (κ2) is 10.7. The lowest BCUT2D eigenvalue weighted by Gasteiger charge is -2.34. The predicted octanol–water partition coefficient (Wildman–Crippen LogP) is 3.88. The Balaban J connectivity index is 1.45. The van der Waals surface area contributed by atoms with Gasteiger partial charge in [-0.05, 0) is 44.0 Å². The molecule has 0 bridgehead atoms. The van der Waals surface area contributed by atoms with Crippen LogP contribution in [0.4, 0.5) is 0 Å². The molecule has 0 spiro atoms. The molecule has 1 fully saturated rings. The number of amides is 1. The van der Waals surface area contributed by atoms with E-state index in [1.807, 2.05) is 13.0 Å². The minimum atomic E-state index is -3.65. The average molecular weight is 514 g/mol. The van der Waals surface area contributed by atoms with Crippen molar-refractivity contribution < 1.29 is 22.7 Å². The fourth-order valence-corrected chi connectivity index (χ4v) is 6.57. The largest absolute Gasteiger partial charge is 0.465 e. The van der Waals surface area contributed by atoms with Crippen molar-refractivity contribution in [3.8, 4) is 10.6 Å². The van der Waals surface area contributed by atoms with Gasteiger partial charge in [0.2, 0.25) is 10.0 Å². The van der Waals surface area contributed by atoms with Gasteiger partial charge in [0.05, 0.1) is 23.8 Å². The third-order valence-corrected chi connectivity index (χ3v) is 8.97. The molecule has 0 saturated carbocycles. The molecule has 10 heteroatoms. The summed E-state index contributed by atoms with van der Waals surface area (Å²) >= 11 is 1.21. The number of aromatic nitrogens is 1. The van der Waals surface area contributed by atoms with E-state index in [1.54, 1.807) is 42.5 Å². The van der Waals surface area contributed by atoms with E-state index in [0.29, 0.717) is 34.0 Å². The standard InChI is InChI=1S/C25H27N3O5S2/c1-17-9-11-21(12-10-17)35(31,32)28-13-4-3-8-20(28)15-26-23(29)22-16-27-24(34-22)18-6-5-7-19(14-18)25(30)33-2/h5-7,9-12,14,16,20H,3-4,8,13,15H2,1-2H3,(H,26,29). The van der Waals surface area contributed by atoms with Crippen molar-refractivity contribution in [2.75, 3.05) is 20.2 Å². The topological polar surface area (TPSA) is 106 Å². The van der Waals surface area contributed by atoms with Crippen LogP contribution in [0.5, 0.6) is 0 Å². The first-order valence-electron chi connectivity index (χ1n) is 11.3. The monoisotopic (exact) mass is 513 g/mol. The molecule has 1 unspecified atom stereocenters. The van der Waals surface area contributed by atoms with Gasteiger partial charge in [0.1, 0.15) is 9.88 Å². The highest BCUT2D eigenvalue weighted by Crippen LogP contribution is 2.27. The molecule has 1 atom stereocenters. The first-order valence-corrected chi connectivity index (χ1v) is 13.6. The Morgan fingerprint density at radius 1 is 1.17 bits per heavy atom. The first kappa shape index (κ1) is 25.0. The number of sulfonamides is 1. The van der Waals surface area contributed by atoms with Gasteiger partial charge >= 0.3 is 5.97 Å². The smallest absolute Gasteiger partial charge is 0.337 e. The number of methoxy groups -OCH3 is 1. The third kappa shape index (κ3) is 5.61. The van der Waals surface area contributed by atoms with Gasteiger partial charge in [-0.15, -0.1) is 11.3 Å². The molecule has 1 aliphatic rings. The van der Waals surface area contributed by atoms with Crippen LogP contribution in [0.25, 0.3) is 10.6 Å². The van der Waals surface area contributed by atoms with E-state index in [9.17, 15) is 18.0 Å². The quantitative estimate of drug-likeness (QED) is 0.481. The lowest BCUT2D eigenvalue weighted by atomic mass is 10.1. The molecule has 0 aliphatic carbocycles. The number of benzene rings is 2. The van der Waals surface area contributed by atoms with Crippen molar-refractivity contribution in [3.63, 3.8) is 0 Å². The van der Waals surface area contributed by atoms with Gasteiger partial charge in [-0.25, -0.2) is 18.2 Å². The number of thiazole rings is 1. The van der Waals surface area contributed by atoms with Gasteiger partial charge in [0.25, 0.3) is 5.91 Å². The van der Waals surface area contributed by atoms with Gasteiger partial charge in [0.15, 0.2) is 0 Å². The lowest BCUT2D eigenvalue weighted by molar-refractivity contribution is 0.0600. The number of piperidine rings is 1. The Hall–Kier alpha value is -3.08. The molecule has 4 rings (SSSR count). The number of ether oxygens (including phenoxy) is 1. The minimum Gasteiger partial charge on any atom is -0.465 e. The third-order valence-electron chi connectivity index (χ3n) is 5.96. The molecule has 1 saturated heterocycles. The Kier molecular flexibility index (Phi) is 7.63. The van der Waals surface area contributed by atoms with E-state index < -0.39 is 16.0 Å². The molecule has 2 aromatic carbocycles. The number of esters is 1. The summed E-state index contributed by atoms with van der Waals surface area (Å²) in [4.78, 5) is 29.6. The summed E-state index contributed by atoms with van der Waals surface area (Å²) in [5, 5.41) is 3.49. The highest BCUT2D eigenvalue weighted by molar-refractivity contribution is 7.89. The molecule has 35 heavy (non-hydrogen) atoms. The van der Waals surface area contributed by atoms with Crippen LogP contribution < -0.4 is 5.32 Å². The van der Waals surface area contributed by atoms with Crippen molar-refractivity contribution in [3.05, 3.63) is 70.7 Å². The number of aryl methyl sites for hydroxylation is 1. The molecule has 8 nitrogen and oxygen atoms in total. The number of rotatable bonds is 7. The van der Waals surface area contributed by atoms with Crippen molar-refractivity contribution >= 4 is 33.2 Å². The van der Waals surface area contributed by atoms with Crippen LogP contribution >= 0.6 is 11.3 Å². The highest BCUT2D eigenvalue weighted by atomic mass is 32.2. The number of carbonyl (C=O) groups is 2. The summed E-state index contributed by atoms with van der Waals surface area (Å²) in [5.74, 6) is -0.755. The normalized spacial score (nSPS) is 16.6. The summed E-state index contributed by atoms with van der Waals surface area (Å²) in [6, 6.07) is 13.4. The van der Waals surface area contributed by atoms with Crippen molar-refractivity contribution in [1.29, 1.82) is 0 Å². The molecular weight excluding hydrogens is 486 g/mol. The number of hydrogen-bond donors (Lipinski definition) is 1. The summed E-state index contributed by atoms with van der Waals surface area (Å²) in [5.41, 5.74) is 2.10. The van der Waals surface area contributed by atoms with Crippen LogP contribution in [0.15, 0.2) is 59.6 Å². The molecule has 3 aromatic rings. The van der Waals surface area contributed by atoms with Crippen molar-refractivity contribution in [2.24, 2.45) is 0 Å². The SMILES string of the molecule is COC(=O)c1cccc(-c2ncc(C(=O)NCC3CCCCN3S(=O)(=O)c3ccc(C)cc3)s2)c1. The van der Waals surface area contributed by atoms with Gasteiger partial charge in [0, 0.05) is 24.7 Å². The molecular formula is C25H27N3O5S2. The first-order chi connectivity index (χ1) is 16.8. The van der Waals surface area contributed by atoms with E-state index in [1.165, 1.54) is 28.9 Å².